The molecule has 27 heavy (non-hydrogen) atoms. The van der Waals surface area contributed by atoms with Crippen molar-refractivity contribution in [1.29, 1.82) is 0 Å². The van der Waals surface area contributed by atoms with Gasteiger partial charge in [0.1, 0.15) is 5.78 Å². The van der Waals surface area contributed by atoms with Crippen LogP contribution in [0.4, 0.5) is 0 Å². The van der Waals surface area contributed by atoms with Crippen LogP contribution in [0.1, 0.15) is 65.7 Å². The molecule has 154 valence electrons. The van der Waals surface area contributed by atoms with E-state index in [1.807, 2.05) is 32.1 Å². The van der Waals surface area contributed by atoms with Crippen LogP contribution >= 0.6 is 0 Å². The molecule has 0 radical (unpaired) electrons. The lowest BCUT2D eigenvalue weighted by Gasteiger charge is -2.29. The number of aliphatic carboxylic acids is 1. The Kier molecular flexibility index (Phi) is 9.36. The number of hydrogen-bond acceptors (Lipinski definition) is 5. The molecule has 0 aliphatic heterocycles. The van der Waals surface area contributed by atoms with Crippen LogP contribution < -0.4 is 0 Å². The quantitative estimate of drug-likeness (QED) is 0.272. The molecule has 6 heteroatoms. The Labute approximate surface area is 161 Å². The Morgan fingerprint density at radius 2 is 2.11 bits per heavy atom. The predicted molar refractivity (Wildman–Crippen MR) is 103 cm³/mol. The normalized spacial score (nSPS) is 26.7. The summed E-state index contributed by atoms with van der Waals surface area (Å²) in [7, 11) is 0. The van der Waals surface area contributed by atoms with Crippen molar-refractivity contribution in [3.63, 3.8) is 0 Å². The summed E-state index contributed by atoms with van der Waals surface area (Å²) in [4.78, 5) is 22.9. The topological polar surface area (TPSA) is 104 Å². The maximum atomic E-state index is 12.4. The second-order valence-corrected chi connectivity index (χ2v) is 7.80. The molecule has 3 N–H and O–H groups in total. The van der Waals surface area contributed by atoms with Crippen LogP contribution in [0.2, 0.25) is 0 Å². The highest BCUT2D eigenvalue weighted by atomic mass is 16.6. The third-order valence-corrected chi connectivity index (χ3v) is 5.34. The lowest BCUT2D eigenvalue weighted by molar-refractivity contribution is -0.176. The number of unbranched alkanes of at least 4 members (excludes halogenated alkanes) is 1. The van der Waals surface area contributed by atoms with E-state index in [0.29, 0.717) is 32.1 Å². The number of carboxylic acids is 1. The number of aliphatic hydroxyl groups is 2. The molecule has 1 aliphatic carbocycles. The number of hydrogen-bond donors (Lipinski definition) is 3. The van der Waals surface area contributed by atoms with Crippen molar-refractivity contribution in [1.82, 2.24) is 0 Å². The molecule has 0 aromatic carbocycles. The monoisotopic (exact) mass is 382 g/mol. The van der Waals surface area contributed by atoms with Gasteiger partial charge >= 0.3 is 5.97 Å². The van der Waals surface area contributed by atoms with Crippen molar-refractivity contribution in [2.24, 2.45) is 11.3 Å². The second-order valence-electron chi connectivity index (χ2n) is 7.80. The minimum Gasteiger partial charge on any atom is -0.477 e. The Morgan fingerprint density at radius 3 is 2.74 bits per heavy atom. The minimum atomic E-state index is -1.80. The predicted octanol–water partition coefficient (Wildman–Crippen LogP) is 3.23. The van der Waals surface area contributed by atoms with Gasteiger partial charge in [-0.05, 0) is 44.9 Å². The zero-order valence-electron chi connectivity index (χ0n) is 16.7. The fourth-order valence-electron chi connectivity index (χ4n) is 3.47. The van der Waals surface area contributed by atoms with Crippen molar-refractivity contribution in [3.8, 4) is 0 Å². The summed E-state index contributed by atoms with van der Waals surface area (Å²) in [5.41, 5.74) is -1.41. The van der Waals surface area contributed by atoms with Crippen molar-refractivity contribution >= 4 is 11.8 Å². The number of carbonyl (C=O) groups is 2. The molecule has 2 unspecified atom stereocenters. The van der Waals surface area contributed by atoms with E-state index in [2.05, 4.69) is 0 Å². The molecule has 0 saturated heterocycles. The van der Waals surface area contributed by atoms with Gasteiger partial charge in [-0.25, -0.2) is 4.79 Å². The molecule has 0 amide bonds. The van der Waals surface area contributed by atoms with Gasteiger partial charge in [0.15, 0.2) is 0 Å². The van der Waals surface area contributed by atoms with Gasteiger partial charge in [0, 0.05) is 11.8 Å². The van der Waals surface area contributed by atoms with Gasteiger partial charge < -0.3 is 20.1 Å². The summed E-state index contributed by atoms with van der Waals surface area (Å²) in [5, 5.41) is 28.1. The number of allylic oxidation sites excluding steroid dienone is 2. The SMILES string of the molecule is CCC=CCC(C)(O)C=C[C@H]1CCC(=O)[C@]1(C)CCCCOC(O)C(=O)O. The van der Waals surface area contributed by atoms with Crippen LogP contribution in [-0.4, -0.2) is 45.6 Å². The van der Waals surface area contributed by atoms with E-state index in [4.69, 9.17) is 14.9 Å². The highest BCUT2D eigenvalue weighted by Crippen LogP contribution is 2.45. The number of aliphatic hydroxyl groups excluding tert-OH is 1. The maximum absolute atomic E-state index is 12.4. The Balaban J connectivity index is 2.57. The Hall–Kier alpha value is -1.50. The van der Waals surface area contributed by atoms with Crippen LogP contribution in [0, 0.1) is 11.3 Å². The van der Waals surface area contributed by atoms with Gasteiger partial charge in [0.2, 0.25) is 0 Å². The van der Waals surface area contributed by atoms with Gasteiger partial charge in [0.25, 0.3) is 6.29 Å². The number of rotatable bonds is 12. The first-order valence-corrected chi connectivity index (χ1v) is 9.75. The van der Waals surface area contributed by atoms with Crippen molar-refractivity contribution in [3.05, 3.63) is 24.3 Å². The fourth-order valence-corrected chi connectivity index (χ4v) is 3.47. The number of ether oxygens (including phenoxy) is 1. The largest absolute Gasteiger partial charge is 0.477 e. The Bertz CT molecular complexity index is 551. The Morgan fingerprint density at radius 1 is 1.41 bits per heavy atom. The van der Waals surface area contributed by atoms with E-state index in [0.717, 1.165) is 12.8 Å². The summed E-state index contributed by atoms with van der Waals surface area (Å²) in [6.07, 6.45) is 10.7. The van der Waals surface area contributed by atoms with Crippen molar-refractivity contribution in [2.75, 3.05) is 6.61 Å². The molecule has 0 bridgehead atoms. The zero-order chi connectivity index (χ0) is 20.5. The summed E-state index contributed by atoms with van der Waals surface area (Å²) in [6, 6.07) is 0. The number of carboxylic acid groups (broad SMARTS) is 1. The van der Waals surface area contributed by atoms with E-state index in [-0.39, 0.29) is 18.3 Å². The lowest BCUT2D eigenvalue weighted by atomic mass is 9.74. The van der Waals surface area contributed by atoms with Gasteiger partial charge in [-0.1, -0.05) is 44.6 Å². The van der Waals surface area contributed by atoms with E-state index in [1.165, 1.54) is 0 Å². The van der Waals surface area contributed by atoms with E-state index < -0.39 is 23.3 Å². The molecular weight excluding hydrogens is 348 g/mol. The molecule has 0 spiro atoms. The lowest BCUT2D eigenvalue weighted by Crippen LogP contribution is -2.29. The van der Waals surface area contributed by atoms with Gasteiger partial charge in [0.05, 0.1) is 12.2 Å². The smallest absolute Gasteiger partial charge is 0.360 e. The minimum absolute atomic E-state index is 0.0807. The fraction of sp³-hybridized carbons (Fsp3) is 0.714. The van der Waals surface area contributed by atoms with E-state index in [1.54, 1.807) is 13.0 Å². The maximum Gasteiger partial charge on any atom is 0.360 e. The highest BCUT2D eigenvalue weighted by Gasteiger charge is 2.44. The molecule has 1 saturated carbocycles. The third-order valence-electron chi connectivity index (χ3n) is 5.34. The van der Waals surface area contributed by atoms with Crippen molar-refractivity contribution in [2.45, 2.75) is 77.6 Å². The molecule has 6 nitrogen and oxygen atoms in total. The summed E-state index contributed by atoms with van der Waals surface area (Å²) < 4.78 is 4.81. The zero-order valence-corrected chi connectivity index (χ0v) is 16.7. The van der Waals surface area contributed by atoms with Gasteiger partial charge in [-0.15, -0.1) is 0 Å². The van der Waals surface area contributed by atoms with E-state index >= 15 is 0 Å². The van der Waals surface area contributed by atoms with Crippen LogP contribution in [-0.2, 0) is 14.3 Å². The standard InChI is InChI=1S/C21H34O6/c1-4-5-6-12-20(2,26)14-11-16-9-10-17(22)21(16,3)13-7-8-15-27-19(25)18(23)24/h5-6,11,14,16,19,25-26H,4,7-10,12-13,15H2,1-3H3,(H,23,24)/t16-,19?,20?,21-/m1/s1. The van der Waals surface area contributed by atoms with Crippen LogP contribution in [0.3, 0.4) is 0 Å². The summed E-state index contributed by atoms with van der Waals surface area (Å²) >= 11 is 0. The summed E-state index contributed by atoms with van der Waals surface area (Å²) in [6.45, 7) is 5.92. The first-order valence-electron chi connectivity index (χ1n) is 9.75. The summed E-state index contributed by atoms with van der Waals surface area (Å²) in [5.74, 6) is -1.09. The van der Waals surface area contributed by atoms with Gasteiger partial charge in [-0.3, -0.25) is 4.79 Å². The number of Topliss-reactive ketones (excluding diaryl/α,β-unsaturated/α-hetero) is 1. The van der Waals surface area contributed by atoms with Crippen LogP contribution in [0.25, 0.3) is 0 Å². The average Bonchev–Trinajstić information content (AvgIpc) is 2.87. The highest BCUT2D eigenvalue weighted by molar-refractivity contribution is 5.87. The van der Waals surface area contributed by atoms with Gasteiger partial charge in [-0.2, -0.15) is 0 Å². The molecule has 0 aromatic rings. The number of carbonyl (C=O) groups excluding carboxylic acids is 1. The number of ketones is 1. The third kappa shape index (κ3) is 7.56. The molecule has 0 heterocycles. The van der Waals surface area contributed by atoms with Crippen molar-refractivity contribution < 1.29 is 29.6 Å². The first-order chi connectivity index (χ1) is 12.6. The van der Waals surface area contributed by atoms with Crippen LogP contribution in [0.5, 0.6) is 0 Å². The molecule has 1 fully saturated rings. The second kappa shape index (κ2) is 10.7. The molecule has 0 aromatic heterocycles. The molecule has 4 atom stereocenters. The first kappa shape index (κ1) is 23.5. The molecule has 1 rings (SSSR count). The van der Waals surface area contributed by atoms with Crippen LogP contribution in [0.15, 0.2) is 24.3 Å². The van der Waals surface area contributed by atoms with E-state index in [9.17, 15) is 14.7 Å². The molecule has 1 aliphatic rings. The average molecular weight is 382 g/mol. The molecular formula is C21H34O6.